The summed E-state index contributed by atoms with van der Waals surface area (Å²) in [5.41, 5.74) is 2.26. The van der Waals surface area contributed by atoms with Gasteiger partial charge in [0.2, 0.25) is 0 Å². The van der Waals surface area contributed by atoms with Gasteiger partial charge in [0.15, 0.2) is 5.60 Å². The van der Waals surface area contributed by atoms with Crippen molar-refractivity contribution < 1.29 is 19.6 Å². The summed E-state index contributed by atoms with van der Waals surface area (Å²) in [6, 6.07) is 15.2. The van der Waals surface area contributed by atoms with Crippen LogP contribution in [0, 0.1) is 10.1 Å². The van der Waals surface area contributed by atoms with Crippen LogP contribution >= 0.6 is 0 Å². The van der Waals surface area contributed by atoms with Gasteiger partial charge in [0.05, 0.1) is 39.6 Å². The van der Waals surface area contributed by atoms with E-state index in [1.807, 2.05) is 24.3 Å². The molecule has 2 aromatic carbocycles. The van der Waals surface area contributed by atoms with Crippen molar-refractivity contribution in [1.82, 2.24) is 9.55 Å². The predicted octanol–water partition coefficient (Wildman–Crippen LogP) is 3.74. The summed E-state index contributed by atoms with van der Waals surface area (Å²) in [7, 11) is 0. The Labute approximate surface area is 209 Å². The lowest BCUT2D eigenvalue weighted by molar-refractivity contribution is -0.384. The molecule has 2 aromatic heterocycles. The Balaban J connectivity index is 1.47. The van der Waals surface area contributed by atoms with Crippen molar-refractivity contribution in [3.8, 4) is 11.4 Å². The standard InChI is InChI=1S/C27H20N4O6/c1-2-27(34)21-11-22-24-17(13-30(22)25(32)20(21)14-37-26(27)33)10-15-4-3-5-16(23(15)29-24)12-28-18-6-8-19(9-7-18)31(35)36/h3-12,34H,2,13-14H2,1H3/t27-/m0/s1. The zero-order valence-corrected chi connectivity index (χ0v) is 19.7. The van der Waals surface area contributed by atoms with E-state index in [2.05, 4.69) is 4.99 Å². The number of benzene rings is 2. The molecule has 1 atom stereocenters. The van der Waals surface area contributed by atoms with Crippen molar-refractivity contribution in [2.75, 3.05) is 0 Å². The van der Waals surface area contributed by atoms with Gasteiger partial charge in [-0.05, 0) is 30.7 Å². The van der Waals surface area contributed by atoms with Gasteiger partial charge in [-0.1, -0.05) is 25.1 Å². The largest absolute Gasteiger partial charge is 0.458 e. The third-order valence-corrected chi connectivity index (χ3v) is 6.98. The minimum atomic E-state index is -1.88. The normalized spacial score (nSPS) is 17.9. The number of nitrogens with zero attached hydrogens (tertiary/aromatic N) is 4. The quantitative estimate of drug-likeness (QED) is 0.173. The van der Waals surface area contributed by atoms with Gasteiger partial charge in [-0.25, -0.2) is 9.78 Å². The van der Waals surface area contributed by atoms with Crippen molar-refractivity contribution in [2.45, 2.75) is 32.1 Å². The zero-order chi connectivity index (χ0) is 25.9. The molecule has 0 spiro atoms. The number of carbonyl (C=O) groups is 1. The summed E-state index contributed by atoms with van der Waals surface area (Å²) < 4.78 is 6.72. The minimum Gasteiger partial charge on any atom is -0.458 e. The first-order valence-electron chi connectivity index (χ1n) is 11.7. The number of hydrogen-bond acceptors (Lipinski definition) is 8. The molecule has 0 aliphatic carbocycles. The van der Waals surface area contributed by atoms with Crippen molar-refractivity contribution in [1.29, 1.82) is 0 Å². The molecule has 4 heterocycles. The van der Waals surface area contributed by atoms with Crippen LogP contribution in [0.3, 0.4) is 0 Å². The molecule has 0 bridgehead atoms. The summed E-state index contributed by atoms with van der Waals surface area (Å²) in [6.07, 6.45) is 1.71. The fourth-order valence-corrected chi connectivity index (χ4v) is 4.94. The molecule has 0 amide bonds. The number of carbonyl (C=O) groups excluding carboxylic acids is 1. The number of aliphatic hydroxyl groups is 1. The molecule has 6 rings (SSSR count). The predicted molar refractivity (Wildman–Crippen MR) is 135 cm³/mol. The second-order valence-corrected chi connectivity index (χ2v) is 9.05. The molecular weight excluding hydrogens is 476 g/mol. The van der Waals surface area contributed by atoms with E-state index in [4.69, 9.17) is 9.72 Å². The molecule has 4 aromatic rings. The highest BCUT2D eigenvalue weighted by Gasteiger charge is 2.45. The van der Waals surface area contributed by atoms with Crippen LogP contribution in [0.25, 0.3) is 22.3 Å². The Bertz CT molecular complexity index is 1720. The van der Waals surface area contributed by atoms with E-state index in [-0.39, 0.29) is 35.4 Å². The number of nitro benzene ring substituents is 1. The maximum Gasteiger partial charge on any atom is 0.343 e. The van der Waals surface area contributed by atoms with E-state index in [9.17, 15) is 24.8 Å². The van der Waals surface area contributed by atoms with Crippen LogP contribution in [0.1, 0.15) is 35.6 Å². The van der Waals surface area contributed by atoms with E-state index in [1.54, 1.807) is 35.9 Å². The second-order valence-electron chi connectivity index (χ2n) is 9.05. The number of hydrogen-bond donors (Lipinski definition) is 1. The van der Waals surface area contributed by atoms with Crippen LogP contribution in [0.15, 0.2) is 64.4 Å². The Hall–Kier alpha value is -4.70. The molecule has 10 nitrogen and oxygen atoms in total. The van der Waals surface area contributed by atoms with Gasteiger partial charge in [0, 0.05) is 40.4 Å². The molecular formula is C27H20N4O6. The van der Waals surface area contributed by atoms with Crippen molar-refractivity contribution in [3.63, 3.8) is 0 Å². The Morgan fingerprint density at radius 3 is 2.73 bits per heavy atom. The lowest BCUT2D eigenvalue weighted by atomic mass is 9.86. The Morgan fingerprint density at radius 2 is 2.00 bits per heavy atom. The van der Waals surface area contributed by atoms with E-state index >= 15 is 0 Å². The molecule has 0 radical (unpaired) electrons. The average Bonchev–Trinajstić information content (AvgIpc) is 3.26. The summed E-state index contributed by atoms with van der Waals surface area (Å²) >= 11 is 0. The number of aliphatic imine (C=N–C) groups is 1. The molecule has 184 valence electrons. The number of aromatic nitrogens is 2. The highest BCUT2D eigenvalue weighted by molar-refractivity contribution is 5.99. The average molecular weight is 496 g/mol. The van der Waals surface area contributed by atoms with Crippen LogP contribution < -0.4 is 5.56 Å². The highest BCUT2D eigenvalue weighted by Crippen LogP contribution is 2.38. The molecule has 0 saturated carbocycles. The molecule has 10 heteroatoms. The molecule has 0 unspecified atom stereocenters. The zero-order valence-electron chi connectivity index (χ0n) is 19.7. The van der Waals surface area contributed by atoms with Gasteiger partial charge in [-0.3, -0.25) is 19.9 Å². The summed E-state index contributed by atoms with van der Waals surface area (Å²) in [5, 5.41) is 22.8. The van der Waals surface area contributed by atoms with Gasteiger partial charge in [-0.15, -0.1) is 0 Å². The van der Waals surface area contributed by atoms with E-state index < -0.39 is 16.5 Å². The number of cyclic esters (lactones) is 1. The SMILES string of the molecule is CC[C@@]1(O)C(=O)OCc2c1cc1n(c2=O)Cc2cc3cccc(C=Nc4ccc([N+](=O)[O-])cc4)c3nc2-1. The number of non-ortho nitro benzene ring substituents is 1. The Kier molecular flexibility index (Phi) is 5.02. The fourth-order valence-electron chi connectivity index (χ4n) is 4.94. The third-order valence-electron chi connectivity index (χ3n) is 6.98. The van der Waals surface area contributed by atoms with Crippen molar-refractivity contribution in [2.24, 2.45) is 4.99 Å². The molecule has 0 saturated heterocycles. The molecule has 2 aliphatic rings. The maximum atomic E-state index is 13.3. The summed E-state index contributed by atoms with van der Waals surface area (Å²) in [5.74, 6) is -0.763. The van der Waals surface area contributed by atoms with E-state index in [1.165, 1.54) is 12.1 Å². The lowest BCUT2D eigenvalue weighted by Gasteiger charge is -2.31. The molecule has 2 aliphatic heterocycles. The van der Waals surface area contributed by atoms with Gasteiger partial charge in [-0.2, -0.15) is 0 Å². The van der Waals surface area contributed by atoms with Crippen LogP contribution in [0.4, 0.5) is 11.4 Å². The third kappa shape index (κ3) is 3.45. The number of para-hydroxylation sites is 1. The first-order chi connectivity index (χ1) is 17.8. The molecule has 37 heavy (non-hydrogen) atoms. The van der Waals surface area contributed by atoms with Crippen molar-refractivity contribution >= 4 is 34.5 Å². The highest BCUT2D eigenvalue weighted by atomic mass is 16.6. The number of esters is 1. The van der Waals surface area contributed by atoms with Crippen molar-refractivity contribution in [3.05, 3.63) is 97.3 Å². The fraction of sp³-hybridized carbons (Fsp3) is 0.185. The first kappa shape index (κ1) is 22.7. The number of fused-ring (bicyclic) bond motifs is 5. The molecule has 1 N–H and O–H groups in total. The number of rotatable bonds is 4. The van der Waals surface area contributed by atoms with Gasteiger partial charge >= 0.3 is 5.97 Å². The topological polar surface area (TPSA) is 137 Å². The smallest absolute Gasteiger partial charge is 0.343 e. The maximum absolute atomic E-state index is 13.3. The number of pyridine rings is 2. The van der Waals surface area contributed by atoms with Gasteiger partial charge < -0.3 is 14.4 Å². The van der Waals surface area contributed by atoms with E-state index in [0.717, 1.165) is 16.5 Å². The first-order valence-corrected chi connectivity index (χ1v) is 11.7. The van der Waals surface area contributed by atoms with Gasteiger partial charge in [0.25, 0.3) is 11.2 Å². The minimum absolute atomic E-state index is 0.0133. The number of nitro groups is 1. The lowest BCUT2D eigenvalue weighted by Crippen LogP contribution is -2.44. The van der Waals surface area contributed by atoms with Crippen LogP contribution in [-0.2, 0) is 28.3 Å². The van der Waals surface area contributed by atoms with Crippen LogP contribution in [-0.4, -0.2) is 31.8 Å². The molecule has 0 fully saturated rings. The monoisotopic (exact) mass is 496 g/mol. The summed E-state index contributed by atoms with van der Waals surface area (Å²) in [4.78, 5) is 45.5. The van der Waals surface area contributed by atoms with Gasteiger partial charge in [0.1, 0.15) is 6.61 Å². The van der Waals surface area contributed by atoms with E-state index in [0.29, 0.717) is 29.1 Å². The van der Waals surface area contributed by atoms with Crippen LogP contribution in [0.5, 0.6) is 0 Å². The number of ether oxygens (including phenoxy) is 1. The second kappa shape index (κ2) is 8.17. The Morgan fingerprint density at radius 1 is 1.22 bits per heavy atom. The summed E-state index contributed by atoms with van der Waals surface area (Å²) in [6.45, 7) is 1.81. The van der Waals surface area contributed by atoms with Crippen LogP contribution in [0.2, 0.25) is 0 Å².